The second kappa shape index (κ2) is 7.47. The molecular weight excluding hydrogens is 320 g/mol. The number of hydrogen-bond donors (Lipinski definition) is 1. The highest BCUT2D eigenvalue weighted by Crippen LogP contribution is 2.29. The van der Waals surface area contributed by atoms with Crippen LogP contribution in [0.2, 0.25) is 0 Å². The van der Waals surface area contributed by atoms with Crippen molar-refractivity contribution in [2.75, 3.05) is 13.1 Å². The second-order valence-electron chi connectivity index (χ2n) is 6.46. The van der Waals surface area contributed by atoms with Crippen LogP contribution in [-0.4, -0.2) is 30.0 Å². The summed E-state index contributed by atoms with van der Waals surface area (Å²) < 4.78 is 6.02. The summed E-state index contributed by atoms with van der Waals surface area (Å²) >= 11 is 1.65. The van der Waals surface area contributed by atoms with Crippen molar-refractivity contribution in [2.24, 2.45) is 11.7 Å². The van der Waals surface area contributed by atoms with Crippen LogP contribution < -0.4 is 5.73 Å². The number of carbonyl (C=O) groups excluding carboxylic acids is 1. The Bertz CT molecular complexity index is 659. The van der Waals surface area contributed by atoms with Gasteiger partial charge >= 0.3 is 0 Å². The van der Waals surface area contributed by atoms with E-state index in [4.69, 9.17) is 10.5 Å². The molecule has 1 aromatic carbocycles. The fraction of sp³-hybridized carbons (Fsp3) is 0.421. The first-order valence-electron chi connectivity index (χ1n) is 8.33. The highest BCUT2D eigenvalue weighted by molar-refractivity contribution is 7.07. The molecule has 0 spiro atoms. The highest BCUT2D eigenvalue weighted by atomic mass is 32.1. The highest BCUT2D eigenvalue weighted by Gasteiger charge is 2.33. The third-order valence-corrected chi connectivity index (χ3v) is 5.30. The van der Waals surface area contributed by atoms with Gasteiger partial charge in [0.2, 0.25) is 5.91 Å². The number of ether oxygens (including phenoxy) is 1. The number of amides is 1. The van der Waals surface area contributed by atoms with Gasteiger partial charge in [-0.3, -0.25) is 4.79 Å². The van der Waals surface area contributed by atoms with Gasteiger partial charge in [0.25, 0.3) is 0 Å². The average molecular weight is 344 g/mol. The molecule has 1 aromatic heterocycles. The molecule has 2 aromatic rings. The Kier molecular flexibility index (Phi) is 5.33. The lowest BCUT2D eigenvalue weighted by atomic mass is 9.93. The summed E-state index contributed by atoms with van der Waals surface area (Å²) in [4.78, 5) is 14.9. The zero-order valence-electron chi connectivity index (χ0n) is 14.1. The Balaban J connectivity index is 1.71. The molecule has 1 aliphatic heterocycles. The number of morpholine rings is 1. The summed E-state index contributed by atoms with van der Waals surface area (Å²) in [5, 5.41) is 4.13. The van der Waals surface area contributed by atoms with Crippen LogP contribution in [0.15, 0.2) is 47.2 Å². The first kappa shape index (κ1) is 17.1. The number of benzene rings is 1. The Hall–Kier alpha value is -1.69. The van der Waals surface area contributed by atoms with Gasteiger partial charge < -0.3 is 15.4 Å². The fourth-order valence-corrected chi connectivity index (χ4v) is 3.88. The van der Waals surface area contributed by atoms with E-state index in [2.05, 4.69) is 11.4 Å². The molecule has 5 heteroatoms. The van der Waals surface area contributed by atoms with E-state index in [0.29, 0.717) is 13.1 Å². The maximum Gasteiger partial charge on any atom is 0.227 e. The predicted molar refractivity (Wildman–Crippen MR) is 96.7 cm³/mol. The second-order valence-corrected chi connectivity index (χ2v) is 7.24. The van der Waals surface area contributed by atoms with E-state index in [1.807, 2.05) is 54.5 Å². The standard InChI is InChI=1S/C19H24N2O2S/c1-13-10-21(11-17(23-13)16-8-9-24-12-16)19(22)14(2)18(20)15-6-4-3-5-7-15/h3-9,12-14,17-18H,10-11,20H2,1-2H3. The lowest BCUT2D eigenvalue weighted by Gasteiger charge is -2.38. The molecule has 0 aliphatic carbocycles. The number of hydrogen-bond acceptors (Lipinski definition) is 4. The summed E-state index contributed by atoms with van der Waals surface area (Å²) in [5.74, 6) is -0.164. The van der Waals surface area contributed by atoms with Crippen molar-refractivity contribution in [1.82, 2.24) is 4.90 Å². The molecule has 1 saturated heterocycles. The molecule has 0 radical (unpaired) electrons. The van der Waals surface area contributed by atoms with Crippen LogP contribution in [0.1, 0.15) is 37.1 Å². The van der Waals surface area contributed by atoms with E-state index in [0.717, 1.165) is 11.1 Å². The van der Waals surface area contributed by atoms with Crippen LogP contribution in [-0.2, 0) is 9.53 Å². The van der Waals surface area contributed by atoms with E-state index >= 15 is 0 Å². The number of nitrogens with two attached hydrogens (primary N) is 1. The van der Waals surface area contributed by atoms with Gasteiger partial charge in [0, 0.05) is 12.6 Å². The first-order chi connectivity index (χ1) is 11.6. The Labute approximate surface area is 147 Å². The summed E-state index contributed by atoms with van der Waals surface area (Å²) in [7, 11) is 0. The summed E-state index contributed by atoms with van der Waals surface area (Å²) in [6, 6.07) is 11.6. The molecule has 4 unspecified atom stereocenters. The number of carbonyl (C=O) groups is 1. The van der Waals surface area contributed by atoms with Gasteiger partial charge in [-0.25, -0.2) is 0 Å². The minimum atomic E-state index is -0.295. The first-order valence-corrected chi connectivity index (χ1v) is 9.27. The molecule has 1 aliphatic rings. The van der Waals surface area contributed by atoms with Gasteiger partial charge in [-0.05, 0) is 34.9 Å². The molecule has 3 rings (SSSR count). The van der Waals surface area contributed by atoms with E-state index < -0.39 is 0 Å². The Morgan fingerprint density at radius 1 is 1.29 bits per heavy atom. The predicted octanol–water partition coefficient (Wildman–Crippen LogP) is 3.37. The molecule has 2 heterocycles. The third-order valence-electron chi connectivity index (χ3n) is 4.60. The zero-order chi connectivity index (χ0) is 17.1. The van der Waals surface area contributed by atoms with Crippen molar-refractivity contribution in [3.05, 3.63) is 58.3 Å². The van der Waals surface area contributed by atoms with Crippen molar-refractivity contribution in [2.45, 2.75) is 32.1 Å². The van der Waals surface area contributed by atoms with Gasteiger partial charge in [-0.15, -0.1) is 0 Å². The maximum absolute atomic E-state index is 13.0. The average Bonchev–Trinajstić information content (AvgIpc) is 3.14. The summed E-state index contributed by atoms with van der Waals surface area (Å²) in [5.41, 5.74) is 8.47. The Morgan fingerprint density at radius 3 is 2.71 bits per heavy atom. The van der Waals surface area contributed by atoms with Crippen LogP contribution in [0.4, 0.5) is 0 Å². The molecule has 4 nitrogen and oxygen atoms in total. The monoisotopic (exact) mass is 344 g/mol. The van der Waals surface area contributed by atoms with Crippen LogP contribution >= 0.6 is 11.3 Å². The topological polar surface area (TPSA) is 55.6 Å². The van der Waals surface area contributed by atoms with Crippen LogP contribution in [0.25, 0.3) is 0 Å². The van der Waals surface area contributed by atoms with Crippen molar-refractivity contribution < 1.29 is 9.53 Å². The fourth-order valence-electron chi connectivity index (χ4n) is 3.18. The molecule has 2 N–H and O–H groups in total. The quantitative estimate of drug-likeness (QED) is 0.925. The molecule has 1 fully saturated rings. The molecule has 24 heavy (non-hydrogen) atoms. The normalized spacial score (nSPS) is 23.7. The molecule has 4 atom stereocenters. The number of nitrogens with zero attached hydrogens (tertiary/aromatic N) is 1. The molecule has 0 bridgehead atoms. The number of rotatable bonds is 4. The van der Waals surface area contributed by atoms with Crippen molar-refractivity contribution in [3.8, 4) is 0 Å². The van der Waals surface area contributed by atoms with Gasteiger partial charge in [0.15, 0.2) is 0 Å². The maximum atomic E-state index is 13.0. The largest absolute Gasteiger partial charge is 0.367 e. The van der Waals surface area contributed by atoms with E-state index in [1.54, 1.807) is 11.3 Å². The minimum absolute atomic E-state index is 0.0211. The van der Waals surface area contributed by atoms with Crippen molar-refractivity contribution in [3.63, 3.8) is 0 Å². The van der Waals surface area contributed by atoms with Crippen LogP contribution in [0.5, 0.6) is 0 Å². The molecule has 128 valence electrons. The lowest BCUT2D eigenvalue weighted by molar-refractivity contribution is -0.149. The van der Waals surface area contributed by atoms with E-state index in [-0.39, 0.29) is 30.1 Å². The Morgan fingerprint density at radius 2 is 2.04 bits per heavy atom. The van der Waals surface area contributed by atoms with E-state index in [9.17, 15) is 4.79 Å². The smallest absolute Gasteiger partial charge is 0.227 e. The SMILES string of the molecule is CC1CN(C(=O)C(C)C(N)c2ccccc2)CC(c2ccsc2)O1. The zero-order valence-corrected chi connectivity index (χ0v) is 14.9. The van der Waals surface area contributed by atoms with Gasteiger partial charge in [-0.2, -0.15) is 11.3 Å². The van der Waals surface area contributed by atoms with Crippen molar-refractivity contribution >= 4 is 17.2 Å². The van der Waals surface area contributed by atoms with Gasteiger partial charge in [0.1, 0.15) is 6.10 Å². The lowest BCUT2D eigenvalue weighted by Crippen LogP contribution is -2.49. The van der Waals surface area contributed by atoms with Crippen LogP contribution in [0, 0.1) is 5.92 Å². The summed E-state index contributed by atoms with van der Waals surface area (Å²) in [6.45, 7) is 5.14. The summed E-state index contributed by atoms with van der Waals surface area (Å²) in [6.07, 6.45) is -0.0307. The van der Waals surface area contributed by atoms with Gasteiger partial charge in [0.05, 0.1) is 18.6 Å². The minimum Gasteiger partial charge on any atom is -0.367 e. The molecule has 0 saturated carbocycles. The molecular formula is C19H24N2O2S. The van der Waals surface area contributed by atoms with Crippen molar-refractivity contribution in [1.29, 1.82) is 0 Å². The van der Waals surface area contributed by atoms with Crippen LogP contribution in [0.3, 0.4) is 0 Å². The van der Waals surface area contributed by atoms with Gasteiger partial charge in [-0.1, -0.05) is 37.3 Å². The molecule has 1 amide bonds. The van der Waals surface area contributed by atoms with E-state index in [1.165, 1.54) is 0 Å². The number of thiophene rings is 1. The third kappa shape index (κ3) is 3.69.